The molecule has 0 radical (unpaired) electrons. The summed E-state index contributed by atoms with van der Waals surface area (Å²) in [6, 6.07) is 9.70. The lowest BCUT2D eigenvalue weighted by Crippen LogP contribution is -2.38. The Morgan fingerprint density at radius 1 is 1.10 bits per heavy atom. The zero-order chi connectivity index (χ0) is 27.1. The fraction of sp³-hybridized carbons (Fsp3) is 0.467. The zero-order valence-corrected chi connectivity index (χ0v) is 23.3. The number of piperidine rings is 1. The summed E-state index contributed by atoms with van der Waals surface area (Å²) in [5, 5.41) is 4.92. The van der Waals surface area contributed by atoms with Crippen molar-refractivity contribution in [1.29, 1.82) is 0 Å². The summed E-state index contributed by atoms with van der Waals surface area (Å²) in [6.45, 7) is 2.20. The van der Waals surface area contributed by atoms with Crippen LogP contribution >= 0.6 is 11.3 Å². The lowest BCUT2D eigenvalue weighted by molar-refractivity contribution is -0.0396. The van der Waals surface area contributed by atoms with Crippen molar-refractivity contribution >= 4 is 27.6 Å². The minimum Gasteiger partial charge on any atom is -0.445 e. The van der Waals surface area contributed by atoms with E-state index in [0.29, 0.717) is 17.8 Å². The van der Waals surface area contributed by atoms with E-state index < -0.39 is 0 Å². The van der Waals surface area contributed by atoms with E-state index in [1.54, 1.807) is 4.90 Å². The van der Waals surface area contributed by atoms with Gasteiger partial charge in [-0.1, -0.05) is 30.3 Å². The molecule has 1 atom stereocenters. The number of carbonyl (C=O) groups is 1. The number of nitrogens with zero attached hydrogens (tertiary/aromatic N) is 4. The first kappa shape index (κ1) is 25.5. The molecular weight excluding hydrogens is 526 g/mol. The van der Waals surface area contributed by atoms with Crippen LogP contribution in [0.4, 0.5) is 4.79 Å². The van der Waals surface area contributed by atoms with Crippen LogP contribution in [-0.4, -0.2) is 50.4 Å². The molecule has 208 valence electrons. The molecule has 2 saturated heterocycles. The average molecular weight is 560 g/mol. The average Bonchev–Trinajstić information content (AvgIpc) is 3.55. The SMILES string of the molecule is O=C(OCc1ccccc1)N1CCC(c2nc3c4c(sc3c(=O)[nH]2)-c2cn(C3CCCCO3)nc2CCC4)CC1. The molecule has 2 aliphatic heterocycles. The Hall–Kier alpha value is -3.50. The van der Waals surface area contributed by atoms with Crippen molar-refractivity contribution in [2.45, 2.75) is 70.1 Å². The van der Waals surface area contributed by atoms with Gasteiger partial charge in [0.15, 0.2) is 0 Å². The molecule has 1 unspecified atom stereocenters. The summed E-state index contributed by atoms with van der Waals surface area (Å²) in [4.78, 5) is 36.9. The fourth-order valence-corrected chi connectivity index (χ4v) is 7.37. The van der Waals surface area contributed by atoms with Crippen molar-refractivity contribution in [3.05, 3.63) is 69.5 Å². The summed E-state index contributed by atoms with van der Waals surface area (Å²) in [5.74, 6) is 0.824. The lowest BCUT2D eigenvalue weighted by Gasteiger charge is -2.30. The van der Waals surface area contributed by atoms with Gasteiger partial charge in [-0.3, -0.25) is 4.79 Å². The fourth-order valence-electron chi connectivity index (χ4n) is 6.15. The third-order valence-electron chi connectivity index (χ3n) is 8.35. The number of H-pyrrole nitrogens is 1. The van der Waals surface area contributed by atoms with Crippen LogP contribution in [0, 0.1) is 0 Å². The van der Waals surface area contributed by atoms with Gasteiger partial charge in [0.2, 0.25) is 0 Å². The highest BCUT2D eigenvalue weighted by Gasteiger charge is 2.30. The maximum absolute atomic E-state index is 13.3. The van der Waals surface area contributed by atoms with Crippen LogP contribution in [0.15, 0.2) is 41.3 Å². The number of ether oxygens (including phenoxy) is 2. The number of hydrogen-bond acceptors (Lipinski definition) is 7. The van der Waals surface area contributed by atoms with Crippen molar-refractivity contribution in [3.63, 3.8) is 0 Å². The molecule has 9 nitrogen and oxygen atoms in total. The third kappa shape index (κ3) is 4.83. The van der Waals surface area contributed by atoms with E-state index in [0.717, 1.165) is 96.6 Å². The van der Waals surface area contributed by atoms with Crippen molar-refractivity contribution in [1.82, 2.24) is 24.6 Å². The van der Waals surface area contributed by atoms with Crippen molar-refractivity contribution in [2.24, 2.45) is 0 Å². The molecule has 1 amide bonds. The molecule has 10 heteroatoms. The van der Waals surface area contributed by atoms with E-state index in [1.165, 1.54) is 11.3 Å². The lowest BCUT2D eigenvalue weighted by atomic mass is 9.96. The Bertz CT molecular complexity index is 1580. The maximum atomic E-state index is 13.3. The molecule has 1 N–H and O–H groups in total. The molecular formula is C30H33N5O4S. The van der Waals surface area contributed by atoms with Gasteiger partial charge >= 0.3 is 6.09 Å². The largest absolute Gasteiger partial charge is 0.445 e. The molecule has 3 aliphatic rings. The number of nitrogens with one attached hydrogen (secondary N) is 1. The van der Waals surface area contributed by atoms with E-state index in [-0.39, 0.29) is 30.4 Å². The highest BCUT2D eigenvalue weighted by Crippen LogP contribution is 2.42. The van der Waals surface area contributed by atoms with E-state index in [1.807, 2.05) is 35.0 Å². The van der Waals surface area contributed by atoms with Gasteiger partial charge in [0, 0.05) is 42.3 Å². The van der Waals surface area contributed by atoms with Crippen molar-refractivity contribution < 1.29 is 14.3 Å². The number of aromatic nitrogens is 4. The Morgan fingerprint density at radius 3 is 2.75 bits per heavy atom. The van der Waals surface area contributed by atoms with Crippen molar-refractivity contribution in [2.75, 3.05) is 19.7 Å². The number of amides is 1. The smallest absolute Gasteiger partial charge is 0.410 e. The number of fused-ring (bicyclic) bond motifs is 5. The second-order valence-corrected chi connectivity index (χ2v) is 12.0. The van der Waals surface area contributed by atoms with Gasteiger partial charge in [-0.2, -0.15) is 5.10 Å². The molecule has 4 aromatic rings. The monoisotopic (exact) mass is 559 g/mol. The van der Waals surface area contributed by atoms with E-state index in [4.69, 9.17) is 19.6 Å². The zero-order valence-electron chi connectivity index (χ0n) is 22.4. The van der Waals surface area contributed by atoms with Gasteiger partial charge in [-0.05, 0) is 62.5 Å². The van der Waals surface area contributed by atoms with Crippen LogP contribution in [-0.2, 0) is 28.9 Å². The van der Waals surface area contributed by atoms with Crippen LogP contribution in [0.1, 0.15) is 73.3 Å². The van der Waals surface area contributed by atoms with Gasteiger partial charge in [-0.15, -0.1) is 11.3 Å². The third-order valence-corrected chi connectivity index (χ3v) is 9.60. The van der Waals surface area contributed by atoms with E-state index in [9.17, 15) is 9.59 Å². The number of likely N-dealkylation sites (tertiary alicyclic amines) is 1. The molecule has 0 saturated carbocycles. The number of rotatable bonds is 4. The summed E-state index contributed by atoms with van der Waals surface area (Å²) in [6.07, 6.45) is 9.29. The summed E-state index contributed by atoms with van der Waals surface area (Å²) in [7, 11) is 0. The second-order valence-electron chi connectivity index (χ2n) is 11.0. The molecule has 5 heterocycles. The number of hydrogen-bond donors (Lipinski definition) is 1. The molecule has 0 spiro atoms. The van der Waals surface area contributed by atoms with Crippen LogP contribution < -0.4 is 5.56 Å². The summed E-state index contributed by atoms with van der Waals surface area (Å²) >= 11 is 1.54. The van der Waals surface area contributed by atoms with Gasteiger partial charge in [0.05, 0.1) is 11.2 Å². The van der Waals surface area contributed by atoms with Crippen LogP contribution in [0.3, 0.4) is 0 Å². The Balaban J connectivity index is 1.10. The first-order valence-corrected chi connectivity index (χ1v) is 15.2. The number of benzene rings is 1. The first-order valence-electron chi connectivity index (χ1n) is 14.4. The normalized spacial score (nSPS) is 19.7. The Morgan fingerprint density at radius 2 is 1.95 bits per heavy atom. The van der Waals surface area contributed by atoms with Gasteiger partial charge < -0.3 is 19.4 Å². The van der Waals surface area contributed by atoms with Crippen LogP contribution in [0.25, 0.3) is 20.7 Å². The quantitative estimate of drug-likeness (QED) is 0.352. The van der Waals surface area contributed by atoms with Crippen molar-refractivity contribution in [3.8, 4) is 10.4 Å². The minimum atomic E-state index is -0.294. The molecule has 3 aromatic heterocycles. The van der Waals surface area contributed by atoms with Crippen LogP contribution in [0.2, 0.25) is 0 Å². The first-order chi connectivity index (χ1) is 19.6. The standard InChI is InChI=1S/C30H33N5O4S/c36-29-27-25(21-9-6-10-23-22(26(21)40-27)17-35(33-23)24-11-4-5-16-38-24)31-28(32-29)20-12-14-34(15-13-20)30(37)39-18-19-7-2-1-3-8-19/h1-3,7-8,17,20,24H,4-6,9-16,18H2,(H,31,32,36). The van der Waals surface area contributed by atoms with Gasteiger partial charge in [0.1, 0.15) is 23.4 Å². The minimum absolute atomic E-state index is 0.00637. The van der Waals surface area contributed by atoms with E-state index >= 15 is 0 Å². The summed E-state index contributed by atoms with van der Waals surface area (Å²) in [5.41, 5.74) is 5.09. The number of carbonyl (C=O) groups excluding carboxylic acids is 1. The predicted molar refractivity (Wildman–Crippen MR) is 153 cm³/mol. The number of aromatic amines is 1. The topological polar surface area (TPSA) is 102 Å². The predicted octanol–water partition coefficient (Wildman–Crippen LogP) is 5.55. The van der Waals surface area contributed by atoms with E-state index in [2.05, 4.69) is 11.2 Å². The Kier molecular flexibility index (Phi) is 6.89. The molecule has 40 heavy (non-hydrogen) atoms. The van der Waals surface area contributed by atoms with Gasteiger partial charge in [-0.25, -0.2) is 14.5 Å². The van der Waals surface area contributed by atoms with Crippen LogP contribution in [0.5, 0.6) is 0 Å². The molecule has 2 fully saturated rings. The molecule has 0 bridgehead atoms. The highest BCUT2D eigenvalue weighted by molar-refractivity contribution is 7.22. The maximum Gasteiger partial charge on any atom is 0.410 e. The van der Waals surface area contributed by atoms with Gasteiger partial charge in [0.25, 0.3) is 5.56 Å². The highest BCUT2D eigenvalue weighted by atomic mass is 32.1. The number of thiophene rings is 1. The second kappa shape index (κ2) is 10.8. The number of aryl methyl sites for hydroxylation is 2. The molecule has 1 aliphatic carbocycles. The summed E-state index contributed by atoms with van der Waals surface area (Å²) < 4.78 is 14.2. The molecule has 7 rings (SSSR count). The molecule has 1 aromatic carbocycles. The Labute approximate surface area is 236 Å².